The maximum absolute atomic E-state index is 13.8. The Morgan fingerprint density at radius 1 is 0.714 bits per heavy atom. The van der Waals surface area contributed by atoms with E-state index < -0.39 is 23.6 Å². The molecule has 63 heavy (non-hydrogen) atoms. The fourth-order valence-corrected chi connectivity index (χ4v) is 7.16. The SMILES string of the molecule is CCn1nc(C)cc1C(=O)Nc1nc2cc(C(N)=O)cc(OCc3ccc(OC)cc3)c2n1C/C=C/Cn1c(NC(=O)c2c(N)c(C)nn2CC)nc2cc(C(N)=O)cc(OC)c21. The van der Waals surface area contributed by atoms with Crippen molar-refractivity contribution in [3.63, 3.8) is 0 Å². The molecule has 7 aromatic rings. The van der Waals surface area contributed by atoms with Crippen LogP contribution < -0.4 is 42.0 Å². The summed E-state index contributed by atoms with van der Waals surface area (Å²) >= 11 is 0. The van der Waals surface area contributed by atoms with E-state index in [2.05, 4.69) is 25.8 Å². The zero-order valence-corrected chi connectivity index (χ0v) is 35.6. The topological polar surface area (TPSA) is 269 Å². The third-order valence-corrected chi connectivity index (χ3v) is 10.3. The number of allylic oxidation sites excluding steroid dienone is 2. The molecule has 0 aliphatic heterocycles. The molecule has 4 amide bonds. The minimum atomic E-state index is -0.695. The number of fused-ring (bicyclic) bond motifs is 2. The van der Waals surface area contributed by atoms with Gasteiger partial charge in [-0.3, -0.25) is 39.2 Å². The zero-order chi connectivity index (χ0) is 45.1. The van der Waals surface area contributed by atoms with Crippen LogP contribution in [-0.2, 0) is 32.8 Å². The highest BCUT2D eigenvalue weighted by atomic mass is 16.5. The van der Waals surface area contributed by atoms with E-state index in [-0.39, 0.29) is 65.6 Å². The first-order chi connectivity index (χ1) is 30.2. The van der Waals surface area contributed by atoms with Crippen LogP contribution in [0.15, 0.2) is 66.7 Å². The molecule has 20 heteroatoms. The van der Waals surface area contributed by atoms with Crippen molar-refractivity contribution in [2.75, 3.05) is 30.6 Å². The standard InChI is InChI=1S/C43H47N13O7/c1-7-55-31(17-23(3)51-55)40(59)49-42-48-30-19-27(39(46)58)21-33(63-22-25-11-13-28(61-5)14-12-25)36(30)54(42)16-10-9-15-53-35-29(18-26(38(45)57)20-32(35)62-6)47-43(53)50-41(60)37-34(44)24(4)52-56(37)8-2/h9-14,17-21H,7-8,15-16,22,44H2,1-6H3,(H2,45,57)(H2,46,58)(H,47,50,60)(H,48,49,59)/b10-9+. The van der Waals surface area contributed by atoms with Gasteiger partial charge in [-0.15, -0.1) is 0 Å². The number of aromatic nitrogens is 8. The summed E-state index contributed by atoms with van der Waals surface area (Å²) in [4.78, 5) is 61.9. The van der Waals surface area contributed by atoms with Crippen molar-refractivity contribution in [3.8, 4) is 17.2 Å². The molecule has 0 unspecified atom stereocenters. The smallest absolute Gasteiger partial charge is 0.278 e. The van der Waals surface area contributed by atoms with Gasteiger partial charge in [0, 0.05) is 37.3 Å². The molecule has 20 nitrogen and oxygen atoms in total. The van der Waals surface area contributed by atoms with Crippen LogP contribution in [-0.4, -0.2) is 76.5 Å². The lowest BCUT2D eigenvalue weighted by Crippen LogP contribution is -2.21. The first-order valence-electron chi connectivity index (χ1n) is 19.9. The number of nitrogens with zero attached hydrogens (tertiary/aromatic N) is 8. The largest absolute Gasteiger partial charge is 0.497 e. The number of benzene rings is 3. The highest BCUT2D eigenvalue weighted by Crippen LogP contribution is 2.34. The molecule has 4 heterocycles. The van der Waals surface area contributed by atoms with E-state index in [4.69, 9.17) is 36.4 Å². The van der Waals surface area contributed by atoms with E-state index in [0.29, 0.717) is 58.0 Å². The molecule has 3 aromatic carbocycles. The predicted molar refractivity (Wildman–Crippen MR) is 235 cm³/mol. The van der Waals surface area contributed by atoms with Crippen molar-refractivity contribution in [3.05, 3.63) is 106 Å². The second-order valence-corrected chi connectivity index (χ2v) is 14.4. The Balaban J connectivity index is 1.30. The number of rotatable bonds is 17. The van der Waals surface area contributed by atoms with Crippen LogP contribution in [0.3, 0.4) is 0 Å². The van der Waals surface area contributed by atoms with E-state index in [9.17, 15) is 19.2 Å². The van der Waals surface area contributed by atoms with E-state index >= 15 is 0 Å². The summed E-state index contributed by atoms with van der Waals surface area (Å²) < 4.78 is 23.9. The summed E-state index contributed by atoms with van der Waals surface area (Å²) in [5, 5.41) is 14.6. The van der Waals surface area contributed by atoms with Crippen LogP contribution in [0.2, 0.25) is 0 Å². The Morgan fingerprint density at radius 2 is 1.27 bits per heavy atom. The number of carbonyl (C=O) groups is 4. The normalized spacial score (nSPS) is 11.4. The summed E-state index contributed by atoms with van der Waals surface area (Å²) in [5.41, 5.74) is 22.3. The highest BCUT2D eigenvalue weighted by Gasteiger charge is 2.25. The Bertz CT molecular complexity index is 2940. The second kappa shape index (κ2) is 17.8. The molecule has 0 atom stereocenters. The van der Waals surface area contributed by atoms with Gasteiger partial charge in [-0.1, -0.05) is 24.3 Å². The molecule has 4 aromatic heterocycles. The highest BCUT2D eigenvalue weighted by molar-refractivity contribution is 6.07. The number of imidazole rings is 2. The Labute approximate surface area is 360 Å². The predicted octanol–water partition coefficient (Wildman–Crippen LogP) is 4.57. The number of nitrogens with two attached hydrogens (primary N) is 3. The number of hydrogen-bond acceptors (Lipinski definition) is 12. The third kappa shape index (κ3) is 8.58. The first kappa shape index (κ1) is 42.9. The molecular formula is C43H47N13O7. The van der Waals surface area contributed by atoms with Crippen LogP contribution in [0, 0.1) is 13.8 Å². The molecule has 0 bridgehead atoms. The van der Waals surface area contributed by atoms with Crippen LogP contribution >= 0.6 is 0 Å². The zero-order valence-electron chi connectivity index (χ0n) is 35.6. The van der Waals surface area contributed by atoms with Gasteiger partial charge < -0.3 is 40.5 Å². The van der Waals surface area contributed by atoms with E-state index in [0.717, 1.165) is 5.56 Å². The van der Waals surface area contributed by atoms with Gasteiger partial charge in [0.1, 0.15) is 46.3 Å². The fourth-order valence-electron chi connectivity index (χ4n) is 7.16. The molecule has 0 aliphatic rings. The van der Waals surface area contributed by atoms with Gasteiger partial charge >= 0.3 is 0 Å². The van der Waals surface area contributed by atoms with Crippen molar-refractivity contribution >= 4 is 63.3 Å². The number of primary amides is 2. The van der Waals surface area contributed by atoms with Crippen molar-refractivity contribution < 1.29 is 33.4 Å². The van der Waals surface area contributed by atoms with Gasteiger partial charge in [-0.2, -0.15) is 10.2 Å². The summed E-state index contributed by atoms with van der Waals surface area (Å²) in [6.07, 6.45) is 3.64. The summed E-state index contributed by atoms with van der Waals surface area (Å²) in [6.45, 7) is 8.43. The average Bonchev–Trinajstić information content (AvgIpc) is 4.01. The molecule has 0 saturated heterocycles. The fraction of sp³-hybridized carbons (Fsp3) is 0.256. The Hall–Kier alpha value is -8.16. The van der Waals surface area contributed by atoms with E-state index in [1.807, 2.05) is 50.3 Å². The number of carbonyl (C=O) groups excluding carboxylic acids is 4. The van der Waals surface area contributed by atoms with Crippen molar-refractivity contribution in [2.24, 2.45) is 11.5 Å². The van der Waals surface area contributed by atoms with Gasteiger partial charge in [-0.25, -0.2) is 9.97 Å². The van der Waals surface area contributed by atoms with Crippen LogP contribution in [0.25, 0.3) is 22.1 Å². The quantitative estimate of drug-likeness (QED) is 0.0789. The first-order valence-corrected chi connectivity index (χ1v) is 19.9. The summed E-state index contributed by atoms with van der Waals surface area (Å²) in [7, 11) is 3.02. The molecule has 0 spiro atoms. The number of methoxy groups -OCH3 is 2. The molecule has 7 rings (SSSR count). The number of ether oxygens (including phenoxy) is 3. The number of hydrogen-bond donors (Lipinski definition) is 5. The van der Waals surface area contributed by atoms with Gasteiger partial charge in [0.15, 0.2) is 0 Å². The lowest BCUT2D eigenvalue weighted by atomic mass is 10.1. The lowest BCUT2D eigenvalue weighted by Gasteiger charge is -2.13. The van der Waals surface area contributed by atoms with Crippen molar-refractivity contribution in [2.45, 2.75) is 60.5 Å². The van der Waals surface area contributed by atoms with Gasteiger partial charge in [-0.05, 0) is 75.7 Å². The molecule has 0 fully saturated rings. The maximum Gasteiger partial charge on any atom is 0.278 e. The number of amides is 4. The van der Waals surface area contributed by atoms with Gasteiger partial charge in [0.25, 0.3) is 11.8 Å². The van der Waals surface area contributed by atoms with Crippen LogP contribution in [0.5, 0.6) is 17.2 Å². The average molecular weight is 858 g/mol. The lowest BCUT2D eigenvalue weighted by molar-refractivity contribution is 0.0991. The van der Waals surface area contributed by atoms with Crippen molar-refractivity contribution in [1.82, 2.24) is 38.7 Å². The van der Waals surface area contributed by atoms with E-state index in [1.54, 1.807) is 40.8 Å². The summed E-state index contributed by atoms with van der Waals surface area (Å²) in [6, 6.07) is 15.1. The van der Waals surface area contributed by atoms with Gasteiger partial charge in [0.05, 0.1) is 42.3 Å². The number of aryl methyl sites for hydroxylation is 4. The summed E-state index contributed by atoms with van der Waals surface area (Å²) in [5.74, 6) is -0.866. The van der Waals surface area contributed by atoms with Crippen LogP contribution in [0.4, 0.5) is 17.6 Å². The van der Waals surface area contributed by atoms with Gasteiger partial charge in [0.2, 0.25) is 23.7 Å². The molecule has 0 saturated carbocycles. The Kier molecular flexibility index (Phi) is 12.1. The van der Waals surface area contributed by atoms with Crippen molar-refractivity contribution in [1.29, 1.82) is 0 Å². The molecule has 8 N–H and O–H groups in total. The minimum Gasteiger partial charge on any atom is -0.497 e. The number of nitrogens with one attached hydrogen (secondary N) is 2. The molecule has 0 aliphatic carbocycles. The minimum absolute atomic E-state index is 0.116. The number of nitrogen functional groups attached to an aromatic ring is 1. The van der Waals surface area contributed by atoms with E-state index in [1.165, 1.54) is 36.1 Å². The maximum atomic E-state index is 13.8. The van der Waals surface area contributed by atoms with Crippen LogP contribution in [0.1, 0.15) is 72.5 Å². The molecule has 326 valence electrons. The second-order valence-electron chi connectivity index (χ2n) is 14.4. The molecular weight excluding hydrogens is 811 g/mol. The monoisotopic (exact) mass is 857 g/mol. The number of anilines is 3. The third-order valence-electron chi connectivity index (χ3n) is 10.3. The Morgan fingerprint density at radius 3 is 1.81 bits per heavy atom. The molecule has 0 radical (unpaired) electrons.